The Kier molecular flexibility index (Phi) is 3.22. The first-order chi connectivity index (χ1) is 8.04. The molecule has 0 aliphatic heterocycles. The number of nitrogens with two attached hydrogens (primary N) is 1. The molecule has 0 amide bonds. The van der Waals surface area contributed by atoms with E-state index in [0.29, 0.717) is 11.7 Å². The maximum absolute atomic E-state index is 6.18. The highest BCUT2D eigenvalue weighted by molar-refractivity contribution is 6.30. The molecule has 0 saturated carbocycles. The van der Waals surface area contributed by atoms with Gasteiger partial charge in [-0.15, -0.1) is 0 Å². The predicted octanol–water partition coefficient (Wildman–Crippen LogP) is 2.82. The number of imidazole rings is 1. The fourth-order valence-corrected chi connectivity index (χ4v) is 2.08. The van der Waals surface area contributed by atoms with Crippen molar-refractivity contribution in [1.29, 1.82) is 0 Å². The van der Waals surface area contributed by atoms with Gasteiger partial charge < -0.3 is 10.3 Å². The van der Waals surface area contributed by atoms with Crippen LogP contribution in [0.4, 0.5) is 0 Å². The molecule has 90 valence electrons. The average Bonchev–Trinajstić information content (AvgIpc) is 2.59. The average molecular weight is 250 g/mol. The molecule has 0 spiro atoms. The van der Waals surface area contributed by atoms with Crippen LogP contribution in [-0.4, -0.2) is 9.55 Å². The summed E-state index contributed by atoms with van der Waals surface area (Å²) < 4.78 is 1.88. The van der Waals surface area contributed by atoms with Crippen LogP contribution < -0.4 is 5.73 Å². The zero-order valence-corrected chi connectivity index (χ0v) is 11.0. The lowest BCUT2D eigenvalue weighted by molar-refractivity contribution is 0.920. The Morgan fingerprint density at radius 1 is 1.35 bits per heavy atom. The van der Waals surface area contributed by atoms with Gasteiger partial charge in [-0.1, -0.05) is 29.3 Å². The van der Waals surface area contributed by atoms with Gasteiger partial charge in [0.15, 0.2) is 0 Å². The van der Waals surface area contributed by atoms with Crippen molar-refractivity contribution in [3.05, 3.63) is 40.2 Å². The van der Waals surface area contributed by atoms with Gasteiger partial charge in [0.25, 0.3) is 0 Å². The molecule has 0 saturated heterocycles. The maximum Gasteiger partial charge on any atom is 0.141 e. The van der Waals surface area contributed by atoms with Gasteiger partial charge >= 0.3 is 0 Å². The lowest BCUT2D eigenvalue weighted by Gasteiger charge is -2.07. The first-order valence-corrected chi connectivity index (χ1v) is 5.91. The normalized spacial score (nSPS) is 10.9. The van der Waals surface area contributed by atoms with E-state index in [1.807, 2.05) is 11.6 Å². The lowest BCUT2D eigenvalue weighted by Crippen LogP contribution is -1.97. The van der Waals surface area contributed by atoms with E-state index in [0.717, 1.165) is 17.1 Å². The molecule has 0 aliphatic rings. The molecule has 0 fully saturated rings. The van der Waals surface area contributed by atoms with Gasteiger partial charge in [-0.3, -0.25) is 0 Å². The van der Waals surface area contributed by atoms with Crippen LogP contribution in [0.5, 0.6) is 0 Å². The molecule has 3 nitrogen and oxygen atoms in total. The number of hydrogen-bond acceptors (Lipinski definition) is 2. The van der Waals surface area contributed by atoms with Crippen LogP contribution in [-0.2, 0) is 13.6 Å². The summed E-state index contributed by atoms with van der Waals surface area (Å²) in [5, 5.41) is 0.614. The minimum absolute atomic E-state index is 0.359. The highest BCUT2D eigenvalue weighted by atomic mass is 35.5. The van der Waals surface area contributed by atoms with E-state index in [-0.39, 0.29) is 0 Å². The Morgan fingerprint density at radius 2 is 2.06 bits per heavy atom. The molecule has 0 radical (unpaired) electrons. The number of nitrogens with zero attached hydrogens (tertiary/aromatic N) is 2. The summed E-state index contributed by atoms with van der Waals surface area (Å²) >= 11 is 6.18. The van der Waals surface area contributed by atoms with Gasteiger partial charge in [0.1, 0.15) is 11.0 Å². The fraction of sp³-hybridized carbons (Fsp3) is 0.308. The van der Waals surface area contributed by atoms with Crippen LogP contribution in [0.1, 0.15) is 16.8 Å². The predicted molar refractivity (Wildman–Crippen MR) is 71.0 cm³/mol. The van der Waals surface area contributed by atoms with Gasteiger partial charge in [0.2, 0.25) is 0 Å². The number of rotatable bonds is 2. The van der Waals surface area contributed by atoms with Crippen LogP contribution in [0, 0.1) is 13.8 Å². The van der Waals surface area contributed by atoms with Gasteiger partial charge in [-0.2, -0.15) is 0 Å². The topological polar surface area (TPSA) is 43.8 Å². The second kappa shape index (κ2) is 4.51. The highest BCUT2D eigenvalue weighted by Gasteiger charge is 2.14. The Morgan fingerprint density at radius 3 is 2.65 bits per heavy atom. The molecule has 1 heterocycles. The molecule has 2 N–H and O–H groups in total. The SMILES string of the molecule is Cc1ccc(C)c(-c2nc(CN)c(Cl)n2C)c1. The summed E-state index contributed by atoms with van der Waals surface area (Å²) in [5.74, 6) is 0.872. The standard InChI is InChI=1S/C13H16ClN3/c1-8-4-5-9(2)10(6-8)13-16-11(7-15)12(14)17(13)3/h4-6H,7,15H2,1-3H3. The quantitative estimate of drug-likeness (QED) is 0.890. The number of halogens is 1. The smallest absolute Gasteiger partial charge is 0.141 e. The zero-order chi connectivity index (χ0) is 12.6. The third kappa shape index (κ3) is 2.08. The van der Waals surface area contributed by atoms with E-state index >= 15 is 0 Å². The fourth-order valence-electron chi connectivity index (χ4n) is 1.88. The summed E-state index contributed by atoms with van der Waals surface area (Å²) in [7, 11) is 1.91. The second-order valence-electron chi connectivity index (χ2n) is 4.25. The van der Waals surface area contributed by atoms with Crippen molar-refractivity contribution in [1.82, 2.24) is 9.55 Å². The number of benzene rings is 1. The van der Waals surface area contributed by atoms with E-state index in [4.69, 9.17) is 17.3 Å². The van der Waals surface area contributed by atoms with Crippen molar-refractivity contribution < 1.29 is 0 Å². The summed E-state index contributed by atoms with van der Waals surface area (Å²) in [6, 6.07) is 6.30. The molecule has 0 unspecified atom stereocenters. The summed E-state index contributed by atoms with van der Waals surface area (Å²) in [5.41, 5.74) is 9.86. The lowest BCUT2D eigenvalue weighted by atomic mass is 10.1. The molecule has 0 bridgehead atoms. The van der Waals surface area contributed by atoms with Crippen molar-refractivity contribution in [3.8, 4) is 11.4 Å². The van der Waals surface area contributed by atoms with Crippen molar-refractivity contribution in [3.63, 3.8) is 0 Å². The van der Waals surface area contributed by atoms with E-state index in [1.54, 1.807) is 0 Å². The monoisotopic (exact) mass is 249 g/mol. The van der Waals surface area contributed by atoms with Crippen LogP contribution in [0.15, 0.2) is 18.2 Å². The summed E-state index contributed by atoms with van der Waals surface area (Å²) in [6.07, 6.45) is 0. The van der Waals surface area contributed by atoms with Gasteiger partial charge in [0, 0.05) is 19.2 Å². The molecular weight excluding hydrogens is 234 g/mol. The number of aryl methyl sites for hydroxylation is 2. The molecule has 4 heteroatoms. The van der Waals surface area contributed by atoms with Crippen molar-refractivity contribution in [2.75, 3.05) is 0 Å². The van der Waals surface area contributed by atoms with E-state index in [1.165, 1.54) is 11.1 Å². The first kappa shape index (κ1) is 12.1. The van der Waals surface area contributed by atoms with Crippen LogP contribution in [0.2, 0.25) is 5.15 Å². The molecule has 2 rings (SSSR count). The van der Waals surface area contributed by atoms with E-state index in [9.17, 15) is 0 Å². The first-order valence-electron chi connectivity index (χ1n) is 5.53. The van der Waals surface area contributed by atoms with Gasteiger partial charge in [0.05, 0.1) is 5.69 Å². The number of hydrogen-bond donors (Lipinski definition) is 1. The minimum Gasteiger partial charge on any atom is -0.325 e. The van der Waals surface area contributed by atoms with Gasteiger partial charge in [-0.25, -0.2) is 4.98 Å². The highest BCUT2D eigenvalue weighted by Crippen LogP contribution is 2.27. The molecule has 17 heavy (non-hydrogen) atoms. The Hall–Kier alpha value is -1.32. The summed E-state index contributed by atoms with van der Waals surface area (Å²) in [6.45, 7) is 4.49. The third-order valence-corrected chi connectivity index (χ3v) is 3.39. The Balaban J connectivity index is 2.64. The van der Waals surface area contributed by atoms with Crippen molar-refractivity contribution >= 4 is 11.6 Å². The Bertz CT molecular complexity index is 558. The number of aromatic nitrogens is 2. The van der Waals surface area contributed by atoms with E-state index in [2.05, 4.69) is 37.0 Å². The third-order valence-electron chi connectivity index (χ3n) is 2.92. The molecule has 1 aromatic heterocycles. The van der Waals surface area contributed by atoms with E-state index < -0.39 is 0 Å². The molecule has 2 aromatic rings. The largest absolute Gasteiger partial charge is 0.325 e. The van der Waals surface area contributed by atoms with Crippen LogP contribution >= 0.6 is 11.6 Å². The molecule has 0 atom stereocenters. The molecule has 1 aromatic carbocycles. The Labute approximate surface area is 106 Å². The minimum atomic E-state index is 0.359. The van der Waals surface area contributed by atoms with Crippen molar-refractivity contribution in [2.45, 2.75) is 20.4 Å². The van der Waals surface area contributed by atoms with Gasteiger partial charge in [-0.05, 0) is 25.5 Å². The zero-order valence-electron chi connectivity index (χ0n) is 10.3. The van der Waals surface area contributed by atoms with Crippen LogP contribution in [0.3, 0.4) is 0 Å². The van der Waals surface area contributed by atoms with Crippen LogP contribution in [0.25, 0.3) is 11.4 Å². The molecule has 0 aliphatic carbocycles. The van der Waals surface area contributed by atoms with Crippen molar-refractivity contribution in [2.24, 2.45) is 12.8 Å². The maximum atomic E-state index is 6.18. The second-order valence-corrected chi connectivity index (χ2v) is 4.61. The molecular formula is C13H16ClN3. The summed E-state index contributed by atoms with van der Waals surface area (Å²) in [4.78, 5) is 4.51.